The van der Waals surface area contributed by atoms with E-state index in [4.69, 9.17) is 0 Å². The highest BCUT2D eigenvalue weighted by atomic mass is 19.1. The van der Waals surface area contributed by atoms with E-state index in [1.165, 1.54) is 18.5 Å². The molecule has 1 aromatic heterocycles. The van der Waals surface area contributed by atoms with Gasteiger partial charge in [0.15, 0.2) is 11.6 Å². The molecular weight excluding hydrogens is 200 g/mol. The van der Waals surface area contributed by atoms with Crippen LogP contribution >= 0.6 is 0 Å². The van der Waals surface area contributed by atoms with E-state index in [9.17, 15) is 8.78 Å². The molecule has 0 N–H and O–H groups in total. The van der Waals surface area contributed by atoms with Crippen molar-refractivity contribution in [3.63, 3.8) is 0 Å². The third-order valence-electron chi connectivity index (χ3n) is 2.19. The third kappa shape index (κ3) is 1.49. The highest BCUT2D eigenvalue weighted by molar-refractivity contribution is 5.38. The molecular formula is C10H9F2N3. The molecule has 0 saturated heterocycles. The molecule has 0 aliphatic rings. The maximum atomic E-state index is 13.7. The van der Waals surface area contributed by atoms with Crippen molar-refractivity contribution in [2.45, 2.75) is 13.8 Å². The van der Waals surface area contributed by atoms with Gasteiger partial charge in [0.1, 0.15) is 17.8 Å². The van der Waals surface area contributed by atoms with Gasteiger partial charge < -0.3 is 0 Å². The molecule has 15 heavy (non-hydrogen) atoms. The summed E-state index contributed by atoms with van der Waals surface area (Å²) in [5.41, 5.74) is 0.200. The number of aryl methyl sites for hydroxylation is 2. The van der Waals surface area contributed by atoms with Crippen molar-refractivity contribution in [1.29, 1.82) is 0 Å². The van der Waals surface area contributed by atoms with Crippen molar-refractivity contribution >= 4 is 0 Å². The minimum absolute atomic E-state index is 0.176. The molecule has 5 heteroatoms. The van der Waals surface area contributed by atoms with Crippen molar-refractivity contribution in [3.05, 3.63) is 41.5 Å². The Morgan fingerprint density at radius 3 is 2.53 bits per heavy atom. The van der Waals surface area contributed by atoms with E-state index in [0.29, 0.717) is 11.4 Å². The molecule has 0 unspecified atom stereocenters. The average Bonchev–Trinajstić information content (AvgIpc) is 2.60. The summed E-state index contributed by atoms with van der Waals surface area (Å²) in [7, 11) is 0. The quantitative estimate of drug-likeness (QED) is 0.720. The van der Waals surface area contributed by atoms with Crippen molar-refractivity contribution in [1.82, 2.24) is 14.8 Å². The van der Waals surface area contributed by atoms with Gasteiger partial charge in [-0.3, -0.25) is 0 Å². The molecule has 0 fully saturated rings. The van der Waals surface area contributed by atoms with Gasteiger partial charge in [0.05, 0.1) is 0 Å². The molecule has 0 bridgehead atoms. The van der Waals surface area contributed by atoms with Crippen molar-refractivity contribution < 1.29 is 8.78 Å². The Hall–Kier alpha value is -1.78. The highest BCUT2D eigenvalue weighted by Crippen LogP contribution is 2.20. The lowest BCUT2D eigenvalue weighted by molar-refractivity contribution is 0.552. The van der Waals surface area contributed by atoms with Gasteiger partial charge in [-0.15, -0.1) is 0 Å². The normalized spacial score (nSPS) is 10.7. The topological polar surface area (TPSA) is 30.7 Å². The molecule has 3 nitrogen and oxygen atoms in total. The number of nitrogens with zero attached hydrogens (tertiary/aromatic N) is 3. The summed E-state index contributed by atoms with van der Waals surface area (Å²) in [6.07, 6.45) is 1.26. The Balaban J connectivity index is 2.72. The molecule has 2 rings (SSSR count). The van der Waals surface area contributed by atoms with Gasteiger partial charge in [-0.1, -0.05) is 6.07 Å². The Labute approximate surface area is 85.4 Å². The minimum Gasteiger partial charge on any atom is -0.220 e. The Kier molecular flexibility index (Phi) is 2.22. The first-order chi connectivity index (χ1) is 7.11. The van der Waals surface area contributed by atoms with Crippen molar-refractivity contribution in [2.24, 2.45) is 0 Å². The summed E-state index contributed by atoms with van der Waals surface area (Å²) in [6.45, 7) is 3.21. The average molecular weight is 209 g/mol. The molecule has 0 atom stereocenters. The van der Waals surface area contributed by atoms with Gasteiger partial charge in [0, 0.05) is 0 Å². The number of halogens is 2. The first kappa shape index (κ1) is 9.76. The van der Waals surface area contributed by atoms with Crippen LogP contribution in [0.5, 0.6) is 0 Å². The molecule has 1 aromatic carbocycles. The summed E-state index contributed by atoms with van der Waals surface area (Å²) >= 11 is 0. The van der Waals surface area contributed by atoms with Crippen LogP contribution in [0.4, 0.5) is 8.78 Å². The standard InChI is InChI=1S/C10H9F2N3/c1-6-3-4-8(11)10(9(6)12)15-7(2)13-5-14-15/h3-5H,1-2H3. The van der Waals surface area contributed by atoms with Crippen molar-refractivity contribution in [2.75, 3.05) is 0 Å². The predicted octanol–water partition coefficient (Wildman–Crippen LogP) is 2.16. The van der Waals surface area contributed by atoms with Gasteiger partial charge in [-0.25, -0.2) is 18.4 Å². The Bertz CT molecular complexity index is 505. The number of rotatable bonds is 1. The second-order valence-electron chi connectivity index (χ2n) is 3.25. The summed E-state index contributed by atoms with van der Waals surface area (Å²) in [5.74, 6) is -0.811. The Morgan fingerprint density at radius 2 is 1.93 bits per heavy atom. The number of hydrogen-bond donors (Lipinski definition) is 0. The van der Waals surface area contributed by atoms with E-state index in [2.05, 4.69) is 10.1 Å². The zero-order chi connectivity index (χ0) is 11.0. The van der Waals surface area contributed by atoms with Crippen LogP contribution in [0, 0.1) is 25.5 Å². The predicted molar refractivity (Wildman–Crippen MR) is 50.7 cm³/mol. The van der Waals surface area contributed by atoms with Gasteiger partial charge in [0.25, 0.3) is 0 Å². The largest absolute Gasteiger partial charge is 0.220 e. The van der Waals surface area contributed by atoms with Crippen LogP contribution in [0.25, 0.3) is 5.69 Å². The third-order valence-corrected chi connectivity index (χ3v) is 2.19. The van der Waals surface area contributed by atoms with E-state index in [1.807, 2.05) is 0 Å². The van der Waals surface area contributed by atoms with Crippen LogP contribution in [0.3, 0.4) is 0 Å². The van der Waals surface area contributed by atoms with Crippen LogP contribution < -0.4 is 0 Å². The molecule has 0 radical (unpaired) electrons. The molecule has 0 aliphatic carbocycles. The molecule has 0 aliphatic heterocycles. The zero-order valence-electron chi connectivity index (χ0n) is 8.33. The minimum atomic E-state index is -0.647. The van der Waals surface area contributed by atoms with Crippen LogP contribution in [-0.2, 0) is 0 Å². The fourth-order valence-corrected chi connectivity index (χ4v) is 1.35. The van der Waals surface area contributed by atoms with E-state index < -0.39 is 11.6 Å². The number of aromatic nitrogens is 3. The first-order valence-corrected chi connectivity index (χ1v) is 4.43. The molecule has 0 saturated carbocycles. The molecule has 0 amide bonds. The second-order valence-corrected chi connectivity index (χ2v) is 3.25. The van der Waals surface area contributed by atoms with Crippen LogP contribution in [0.2, 0.25) is 0 Å². The monoisotopic (exact) mass is 209 g/mol. The molecule has 1 heterocycles. The van der Waals surface area contributed by atoms with E-state index in [0.717, 1.165) is 4.68 Å². The SMILES string of the molecule is Cc1ccc(F)c(-n2ncnc2C)c1F. The van der Waals surface area contributed by atoms with Crippen LogP contribution in [0.1, 0.15) is 11.4 Å². The summed E-state index contributed by atoms with van der Waals surface area (Å²) in [4.78, 5) is 3.82. The van der Waals surface area contributed by atoms with E-state index >= 15 is 0 Å². The number of benzene rings is 1. The maximum absolute atomic E-state index is 13.7. The smallest absolute Gasteiger partial charge is 0.154 e. The van der Waals surface area contributed by atoms with Crippen LogP contribution in [-0.4, -0.2) is 14.8 Å². The molecule has 0 spiro atoms. The molecule has 78 valence electrons. The lowest BCUT2D eigenvalue weighted by atomic mass is 10.2. The summed E-state index contributed by atoms with van der Waals surface area (Å²) < 4.78 is 28.3. The summed E-state index contributed by atoms with van der Waals surface area (Å²) in [6, 6.07) is 2.61. The van der Waals surface area contributed by atoms with E-state index in [-0.39, 0.29) is 5.69 Å². The lowest BCUT2D eigenvalue weighted by Crippen LogP contribution is -2.06. The Morgan fingerprint density at radius 1 is 1.20 bits per heavy atom. The fourth-order valence-electron chi connectivity index (χ4n) is 1.35. The fraction of sp³-hybridized carbons (Fsp3) is 0.200. The van der Waals surface area contributed by atoms with Gasteiger partial charge in [0.2, 0.25) is 0 Å². The second kappa shape index (κ2) is 3.42. The van der Waals surface area contributed by atoms with Gasteiger partial charge in [-0.2, -0.15) is 5.10 Å². The first-order valence-electron chi connectivity index (χ1n) is 4.43. The zero-order valence-corrected chi connectivity index (χ0v) is 8.33. The highest BCUT2D eigenvalue weighted by Gasteiger charge is 2.15. The van der Waals surface area contributed by atoms with Gasteiger partial charge in [-0.05, 0) is 25.5 Å². The van der Waals surface area contributed by atoms with Crippen LogP contribution in [0.15, 0.2) is 18.5 Å². The van der Waals surface area contributed by atoms with Gasteiger partial charge >= 0.3 is 0 Å². The van der Waals surface area contributed by atoms with Crippen molar-refractivity contribution in [3.8, 4) is 5.69 Å². The summed E-state index contributed by atoms with van der Waals surface area (Å²) in [5, 5.41) is 3.77. The maximum Gasteiger partial charge on any atom is 0.154 e. The van der Waals surface area contributed by atoms with E-state index in [1.54, 1.807) is 13.8 Å². The lowest BCUT2D eigenvalue weighted by Gasteiger charge is -2.07. The molecule has 2 aromatic rings. The number of hydrogen-bond acceptors (Lipinski definition) is 2.